The molecule has 4 heterocycles. The SMILES string of the molecule is Cc1cc(N2CCN(C(=O)c3ccnc(N4CCOCC4)c3)CC2)nc2ccccc12. The molecule has 2 aliphatic rings. The van der Waals surface area contributed by atoms with E-state index >= 15 is 0 Å². The van der Waals surface area contributed by atoms with Crippen LogP contribution in [-0.2, 0) is 4.74 Å². The predicted octanol–water partition coefficient (Wildman–Crippen LogP) is 2.74. The summed E-state index contributed by atoms with van der Waals surface area (Å²) >= 11 is 0. The molecule has 160 valence electrons. The van der Waals surface area contributed by atoms with Crippen LogP contribution >= 0.6 is 0 Å². The van der Waals surface area contributed by atoms with E-state index in [1.807, 2.05) is 29.2 Å². The summed E-state index contributed by atoms with van der Waals surface area (Å²) in [5, 5.41) is 1.19. The normalized spacial score (nSPS) is 17.3. The number of aryl methyl sites for hydroxylation is 1. The van der Waals surface area contributed by atoms with Gasteiger partial charge in [0.1, 0.15) is 11.6 Å². The van der Waals surface area contributed by atoms with E-state index < -0.39 is 0 Å². The van der Waals surface area contributed by atoms with Gasteiger partial charge in [-0.15, -0.1) is 0 Å². The van der Waals surface area contributed by atoms with Gasteiger partial charge in [0.2, 0.25) is 0 Å². The summed E-state index contributed by atoms with van der Waals surface area (Å²) in [6.45, 7) is 8.05. The monoisotopic (exact) mass is 417 g/mol. The van der Waals surface area contributed by atoms with Gasteiger partial charge in [0.15, 0.2) is 0 Å². The molecular weight excluding hydrogens is 390 g/mol. The third kappa shape index (κ3) is 4.05. The van der Waals surface area contributed by atoms with Gasteiger partial charge in [-0.05, 0) is 36.8 Å². The highest BCUT2D eigenvalue weighted by atomic mass is 16.5. The van der Waals surface area contributed by atoms with Crippen LogP contribution in [0.1, 0.15) is 15.9 Å². The second-order valence-electron chi connectivity index (χ2n) is 8.10. The summed E-state index contributed by atoms with van der Waals surface area (Å²) in [5.74, 6) is 1.91. The van der Waals surface area contributed by atoms with Crippen molar-refractivity contribution in [2.45, 2.75) is 6.92 Å². The Morgan fingerprint density at radius 2 is 1.65 bits per heavy atom. The Kier molecular flexibility index (Phi) is 5.42. The maximum absolute atomic E-state index is 13.1. The fourth-order valence-corrected chi connectivity index (χ4v) is 4.33. The lowest BCUT2D eigenvalue weighted by Crippen LogP contribution is -2.49. The minimum atomic E-state index is 0.0687. The molecule has 1 amide bonds. The van der Waals surface area contributed by atoms with Crippen LogP contribution in [-0.4, -0.2) is 73.3 Å². The van der Waals surface area contributed by atoms with Crippen molar-refractivity contribution < 1.29 is 9.53 Å². The number of morpholine rings is 1. The smallest absolute Gasteiger partial charge is 0.254 e. The maximum atomic E-state index is 13.1. The summed E-state index contributed by atoms with van der Waals surface area (Å²) in [6, 6.07) is 14.1. The summed E-state index contributed by atoms with van der Waals surface area (Å²) < 4.78 is 5.42. The number of aromatic nitrogens is 2. The molecule has 2 saturated heterocycles. The first-order valence-electron chi connectivity index (χ1n) is 10.9. The van der Waals surface area contributed by atoms with E-state index in [2.05, 4.69) is 39.9 Å². The molecule has 1 aromatic carbocycles. The molecule has 0 bridgehead atoms. The number of carbonyl (C=O) groups excluding carboxylic acids is 1. The summed E-state index contributed by atoms with van der Waals surface area (Å²) in [7, 11) is 0. The molecule has 0 atom stereocenters. The van der Waals surface area contributed by atoms with Gasteiger partial charge >= 0.3 is 0 Å². The quantitative estimate of drug-likeness (QED) is 0.653. The van der Waals surface area contributed by atoms with Gasteiger partial charge in [-0.2, -0.15) is 0 Å². The number of para-hydroxylation sites is 1. The fraction of sp³-hybridized carbons (Fsp3) is 0.375. The van der Waals surface area contributed by atoms with E-state index in [0.29, 0.717) is 31.9 Å². The van der Waals surface area contributed by atoms with Crippen molar-refractivity contribution in [2.24, 2.45) is 0 Å². The predicted molar refractivity (Wildman–Crippen MR) is 122 cm³/mol. The Morgan fingerprint density at radius 1 is 0.903 bits per heavy atom. The topological polar surface area (TPSA) is 61.8 Å². The first-order chi connectivity index (χ1) is 15.2. The number of anilines is 2. The number of nitrogens with zero attached hydrogens (tertiary/aromatic N) is 5. The molecule has 0 unspecified atom stereocenters. The average Bonchev–Trinajstić information content (AvgIpc) is 2.84. The second kappa shape index (κ2) is 8.51. The molecular formula is C24H27N5O2. The van der Waals surface area contributed by atoms with Crippen LogP contribution in [0.2, 0.25) is 0 Å². The molecule has 0 saturated carbocycles. The second-order valence-corrected chi connectivity index (χ2v) is 8.10. The number of pyridine rings is 2. The molecule has 0 radical (unpaired) electrons. The van der Waals surface area contributed by atoms with Crippen LogP contribution in [0.4, 0.5) is 11.6 Å². The lowest BCUT2D eigenvalue weighted by molar-refractivity contribution is 0.0746. The van der Waals surface area contributed by atoms with E-state index in [4.69, 9.17) is 9.72 Å². The Bertz CT molecular complexity index is 1090. The van der Waals surface area contributed by atoms with Crippen LogP contribution in [0.3, 0.4) is 0 Å². The summed E-state index contributed by atoms with van der Waals surface area (Å²) in [4.78, 5) is 28.8. The zero-order valence-corrected chi connectivity index (χ0v) is 17.8. The van der Waals surface area contributed by atoms with E-state index in [9.17, 15) is 4.79 Å². The Balaban J connectivity index is 1.27. The molecule has 31 heavy (non-hydrogen) atoms. The van der Waals surface area contributed by atoms with Gasteiger partial charge in [0.25, 0.3) is 5.91 Å². The first-order valence-corrected chi connectivity index (χ1v) is 10.9. The average molecular weight is 418 g/mol. The minimum absolute atomic E-state index is 0.0687. The number of hydrogen-bond donors (Lipinski definition) is 0. The standard InChI is InChI=1S/C24H27N5O2/c1-18-16-23(26-21-5-3-2-4-20(18)21)27-8-10-29(11-9-27)24(30)19-6-7-25-22(17-19)28-12-14-31-15-13-28/h2-7,16-17H,8-15H2,1H3. The zero-order chi connectivity index (χ0) is 21.2. The number of ether oxygens (including phenoxy) is 1. The van der Waals surface area contributed by atoms with Crippen molar-refractivity contribution in [3.05, 3.63) is 59.8 Å². The van der Waals surface area contributed by atoms with Gasteiger partial charge in [-0.3, -0.25) is 4.79 Å². The summed E-state index contributed by atoms with van der Waals surface area (Å²) in [5.41, 5.74) is 2.94. The highest BCUT2D eigenvalue weighted by Gasteiger charge is 2.24. The number of hydrogen-bond acceptors (Lipinski definition) is 6. The van der Waals surface area contributed by atoms with Crippen LogP contribution in [0.15, 0.2) is 48.7 Å². The van der Waals surface area contributed by atoms with Crippen molar-refractivity contribution in [1.29, 1.82) is 0 Å². The van der Waals surface area contributed by atoms with Crippen molar-refractivity contribution in [3.8, 4) is 0 Å². The number of rotatable bonds is 3. The fourth-order valence-electron chi connectivity index (χ4n) is 4.33. The van der Waals surface area contributed by atoms with E-state index in [1.165, 1.54) is 10.9 Å². The van der Waals surface area contributed by atoms with Gasteiger partial charge < -0.3 is 19.4 Å². The third-order valence-corrected chi connectivity index (χ3v) is 6.13. The molecule has 0 N–H and O–H groups in total. The minimum Gasteiger partial charge on any atom is -0.378 e. The van der Waals surface area contributed by atoms with Crippen molar-refractivity contribution in [1.82, 2.24) is 14.9 Å². The Morgan fingerprint density at radius 3 is 2.45 bits per heavy atom. The maximum Gasteiger partial charge on any atom is 0.254 e. The number of carbonyl (C=O) groups is 1. The van der Waals surface area contributed by atoms with Gasteiger partial charge in [-0.25, -0.2) is 9.97 Å². The summed E-state index contributed by atoms with van der Waals surface area (Å²) in [6.07, 6.45) is 1.73. The first kappa shape index (κ1) is 19.8. The highest BCUT2D eigenvalue weighted by Crippen LogP contribution is 2.24. The van der Waals surface area contributed by atoms with Crippen LogP contribution in [0.25, 0.3) is 10.9 Å². The van der Waals surface area contributed by atoms with E-state index in [0.717, 1.165) is 43.3 Å². The molecule has 2 aliphatic heterocycles. The number of benzene rings is 1. The van der Waals surface area contributed by atoms with Crippen molar-refractivity contribution in [3.63, 3.8) is 0 Å². The van der Waals surface area contributed by atoms with Gasteiger partial charge in [0.05, 0.1) is 18.7 Å². The largest absolute Gasteiger partial charge is 0.378 e. The molecule has 0 spiro atoms. The van der Waals surface area contributed by atoms with Crippen molar-refractivity contribution >= 4 is 28.4 Å². The van der Waals surface area contributed by atoms with E-state index in [-0.39, 0.29) is 5.91 Å². The molecule has 2 aromatic heterocycles. The zero-order valence-electron chi connectivity index (χ0n) is 17.8. The van der Waals surface area contributed by atoms with Crippen LogP contribution < -0.4 is 9.80 Å². The Labute approximate surface area is 182 Å². The number of fused-ring (bicyclic) bond motifs is 1. The third-order valence-electron chi connectivity index (χ3n) is 6.13. The van der Waals surface area contributed by atoms with E-state index in [1.54, 1.807) is 6.20 Å². The molecule has 7 heteroatoms. The highest BCUT2D eigenvalue weighted by molar-refractivity contribution is 5.95. The molecule has 2 fully saturated rings. The van der Waals surface area contributed by atoms with Crippen LogP contribution in [0, 0.1) is 6.92 Å². The number of piperazine rings is 1. The molecule has 3 aromatic rings. The van der Waals surface area contributed by atoms with Gasteiger partial charge in [0, 0.05) is 56.4 Å². The molecule has 0 aliphatic carbocycles. The van der Waals surface area contributed by atoms with Gasteiger partial charge in [-0.1, -0.05) is 18.2 Å². The lowest BCUT2D eigenvalue weighted by Gasteiger charge is -2.36. The number of amides is 1. The molecule has 7 nitrogen and oxygen atoms in total. The van der Waals surface area contributed by atoms with Crippen molar-refractivity contribution in [2.75, 3.05) is 62.3 Å². The molecule has 5 rings (SSSR count). The lowest BCUT2D eigenvalue weighted by atomic mass is 10.1. The Hall–Kier alpha value is -3.19. The van der Waals surface area contributed by atoms with Crippen LogP contribution in [0.5, 0.6) is 0 Å².